The Morgan fingerprint density at radius 2 is 1.81 bits per heavy atom. The maximum Gasteiger partial charge on any atom is 0.305 e. The van der Waals surface area contributed by atoms with Gasteiger partial charge in [0.2, 0.25) is 0 Å². The molecule has 0 fully saturated rings. The molecule has 0 aromatic rings. The highest BCUT2D eigenvalue weighted by Crippen LogP contribution is 2.07. The lowest BCUT2D eigenvalue weighted by molar-refractivity contribution is -0.313. The van der Waals surface area contributed by atoms with Gasteiger partial charge in [0.15, 0.2) is 0 Å². The lowest BCUT2D eigenvalue weighted by Crippen LogP contribution is -2.36. The van der Waals surface area contributed by atoms with Crippen molar-refractivity contribution in [3.05, 3.63) is 0 Å². The molecule has 0 spiro atoms. The fourth-order valence-corrected chi connectivity index (χ4v) is 1.03. The molecule has 1 atom stereocenters. The first-order valence-electron chi connectivity index (χ1n) is 5.03. The first-order valence-corrected chi connectivity index (χ1v) is 5.03. The van der Waals surface area contributed by atoms with E-state index in [2.05, 4.69) is 4.74 Å². The van der Waals surface area contributed by atoms with Gasteiger partial charge in [-0.05, 0) is 19.3 Å². The van der Waals surface area contributed by atoms with Crippen molar-refractivity contribution in [2.45, 2.75) is 32.6 Å². The maximum atomic E-state index is 10.9. The second-order valence-corrected chi connectivity index (χ2v) is 3.36. The lowest BCUT2D eigenvalue weighted by Gasteiger charge is -2.17. The van der Waals surface area contributed by atoms with Gasteiger partial charge in [-0.3, -0.25) is 4.79 Å². The van der Waals surface area contributed by atoms with Gasteiger partial charge >= 0.3 is 5.97 Å². The van der Waals surface area contributed by atoms with E-state index in [1.165, 1.54) is 0 Å². The van der Waals surface area contributed by atoms with Gasteiger partial charge in [-0.25, -0.2) is 0 Å². The van der Waals surface area contributed by atoms with Crippen molar-refractivity contribution in [3.8, 4) is 0 Å². The Morgan fingerprint density at radius 3 is 2.25 bits per heavy atom. The van der Waals surface area contributed by atoms with E-state index in [-0.39, 0.29) is 19.4 Å². The van der Waals surface area contributed by atoms with E-state index in [1.807, 2.05) is 0 Å². The van der Waals surface area contributed by atoms with Gasteiger partial charge in [0.1, 0.15) is 0 Å². The van der Waals surface area contributed by atoms with Gasteiger partial charge in [0.25, 0.3) is 0 Å². The van der Waals surface area contributed by atoms with E-state index in [1.54, 1.807) is 6.92 Å². The van der Waals surface area contributed by atoms with Crippen LogP contribution in [0.15, 0.2) is 0 Å². The number of hydrogen-bond acceptors (Lipinski definition) is 6. The number of rotatable bonds is 8. The van der Waals surface area contributed by atoms with E-state index in [9.17, 15) is 24.6 Å². The summed E-state index contributed by atoms with van der Waals surface area (Å²) in [6.07, 6.45) is 0.252. The first-order chi connectivity index (χ1) is 7.47. The Hall–Kier alpha value is -1.59. The van der Waals surface area contributed by atoms with Crippen LogP contribution in [0, 0.1) is 5.92 Å². The van der Waals surface area contributed by atoms with Crippen LogP contribution >= 0.6 is 0 Å². The van der Waals surface area contributed by atoms with Crippen LogP contribution in [0.25, 0.3) is 0 Å². The molecule has 0 aliphatic carbocycles. The minimum absolute atomic E-state index is 0.163. The third-order valence-electron chi connectivity index (χ3n) is 1.93. The summed E-state index contributed by atoms with van der Waals surface area (Å²) in [5, 5.41) is 20.7. The molecule has 0 aromatic carbocycles. The third-order valence-corrected chi connectivity index (χ3v) is 1.93. The molecule has 0 saturated heterocycles. The summed E-state index contributed by atoms with van der Waals surface area (Å²) in [5.74, 6) is -4.36. The highest BCUT2D eigenvalue weighted by molar-refractivity contribution is 5.72. The Labute approximate surface area is 93.2 Å². The summed E-state index contributed by atoms with van der Waals surface area (Å²) in [7, 11) is 0. The van der Waals surface area contributed by atoms with E-state index in [4.69, 9.17) is 0 Å². The first kappa shape index (κ1) is 14.4. The molecule has 0 aliphatic rings. The van der Waals surface area contributed by atoms with Crippen molar-refractivity contribution >= 4 is 17.9 Å². The Morgan fingerprint density at radius 1 is 1.19 bits per heavy atom. The van der Waals surface area contributed by atoms with Gasteiger partial charge in [-0.15, -0.1) is 0 Å². The maximum absolute atomic E-state index is 10.9. The second-order valence-electron chi connectivity index (χ2n) is 3.36. The smallest absolute Gasteiger partial charge is 0.305 e. The summed E-state index contributed by atoms with van der Waals surface area (Å²) in [6, 6.07) is 0. The number of hydrogen-bond donors (Lipinski definition) is 0. The molecular formula is C10H14O6-2. The predicted molar refractivity (Wildman–Crippen MR) is 48.6 cm³/mol. The van der Waals surface area contributed by atoms with Crippen LogP contribution in [0.3, 0.4) is 0 Å². The molecule has 6 nitrogen and oxygen atoms in total. The van der Waals surface area contributed by atoms with Crippen molar-refractivity contribution < 1.29 is 29.3 Å². The number of carboxylic acids is 2. The molecule has 0 amide bonds. The zero-order chi connectivity index (χ0) is 12.6. The molecule has 92 valence electrons. The number of carbonyl (C=O) groups is 3. The van der Waals surface area contributed by atoms with E-state index in [0.29, 0.717) is 6.42 Å². The van der Waals surface area contributed by atoms with Gasteiger partial charge in [0, 0.05) is 24.3 Å². The van der Waals surface area contributed by atoms with E-state index in [0.717, 1.165) is 0 Å². The van der Waals surface area contributed by atoms with Crippen molar-refractivity contribution in [1.82, 2.24) is 0 Å². The summed E-state index contributed by atoms with van der Waals surface area (Å²) >= 11 is 0. The van der Waals surface area contributed by atoms with Gasteiger partial charge in [0.05, 0.1) is 6.61 Å². The molecule has 0 aliphatic heterocycles. The number of aliphatic carboxylic acids is 2. The molecule has 16 heavy (non-hydrogen) atoms. The van der Waals surface area contributed by atoms with Crippen LogP contribution in [0.5, 0.6) is 0 Å². The van der Waals surface area contributed by atoms with Crippen molar-refractivity contribution in [1.29, 1.82) is 0 Å². The van der Waals surface area contributed by atoms with Crippen molar-refractivity contribution in [3.63, 3.8) is 0 Å². The number of carbonyl (C=O) groups excluding carboxylic acids is 3. The average Bonchev–Trinajstić information content (AvgIpc) is 2.17. The van der Waals surface area contributed by atoms with Crippen LogP contribution in [0.4, 0.5) is 0 Å². The molecule has 0 saturated carbocycles. The van der Waals surface area contributed by atoms with Crippen LogP contribution in [0.2, 0.25) is 0 Å². The third kappa shape index (κ3) is 6.80. The Bertz CT molecular complexity index is 260. The number of esters is 1. The molecule has 0 N–H and O–H groups in total. The van der Waals surface area contributed by atoms with Gasteiger partial charge < -0.3 is 24.5 Å². The summed E-state index contributed by atoms with van der Waals surface area (Å²) in [6.45, 7) is 1.43. The fraction of sp³-hybridized carbons (Fsp3) is 0.700. The van der Waals surface area contributed by atoms with Crippen LogP contribution in [0.1, 0.15) is 32.6 Å². The summed E-state index contributed by atoms with van der Waals surface area (Å²) in [4.78, 5) is 31.6. The average molecular weight is 230 g/mol. The van der Waals surface area contributed by atoms with E-state index < -0.39 is 30.2 Å². The molecular weight excluding hydrogens is 216 g/mol. The monoisotopic (exact) mass is 230 g/mol. The topological polar surface area (TPSA) is 107 Å². The number of ether oxygens (including phenoxy) is 1. The van der Waals surface area contributed by atoms with Crippen molar-refractivity contribution in [2.75, 3.05) is 6.61 Å². The van der Waals surface area contributed by atoms with E-state index >= 15 is 0 Å². The number of carboxylic acid groups (broad SMARTS) is 2. The zero-order valence-electron chi connectivity index (χ0n) is 9.06. The lowest BCUT2D eigenvalue weighted by atomic mass is 10.1. The highest BCUT2D eigenvalue weighted by Gasteiger charge is 2.12. The normalized spacial score (nSPS) is 11.8. The summed E-state index contributed by atoms with van der Waals surface area (Å²) < 4.78 is 4.67. The zero-order valence-corrected chi connectivity index (χ0v) is 9.06. The van der Waals surface area contributed by atoms with Crippen LogP contribution in [-0.4, -0.2) is 24.5 Å². The van der Waals surface area contributed by atoms with Gasteiger partial charge in [-0.1, -0.05) is 6.92 Å². The quantitative estimate of drug-likeness (QED) is 0.456. The molecule has 0 heterocycles. The van der Waals surface area contributed by atoms with Gasteiger partial charge in [-0.2, -0.15) is 0 Å². The SMILES string of the molecule is CCCC(=O)OCC(CCC(=O)[O-])C(=O)[O-]. The summed E-state index contributed by atoms with van der Waals surface area (Å²) in [5.41, 5.74) is 0. The molecule has 6 heteroatoms. The largest absolute Gasteiger partial charge is 0.550 e. The highest BCUT2D eigenvalue weighted by atomic mass is 16.5. The Kier molecular flexibility index (Phi) is 6.91. The molecule has 1 unspecified atom stereocenters. The van der Waals surface area contributed by atoms with Crippen LogP contribution in [-0.2, 0) is 19.1 Å². The minimum Gasteiger partial charge on any atom is -0.550 e. The van der Waals surface area contributed by atoms with Crippen LogP contribution < -0.4 is 10.2 Å². The molecule has 0 radical (unpaired) electrons. The molecule has 0 rings (SSSR count). The molecule has 0 bridgehead atoms. The fourth-order valence-electron chi connectivity index (χ4n) is 1.03. The molecule has 0 aromatic heterocycles. The van der Waals surface area contributed by atoms with Crippen molar-refractivity contribution in [2.24, 2.45) is 5.92 Å². The second kappa shape index (κ2) is 7.67. The standard InChI is InChI=1S/C10H16O6/c1-2-3-9(13)16-6-7(10(14)15)4-5-8(11)12/h7H,2-6H2,1H3,(H,11,12)(H,14,15)/p-2. The predicted octanol–water partition coefficient (Wildman–Crippen LogP) is -1.77. The Balaban J connectivity index is 3.99. The minimum atomic E-state index is -1.43.